The lowest BCUT2D eigenvalue weighted by molar-refractivity contribution is 0.121. The van der Waals surface area contributed by atoms with Gasteiger partial charge in [0.25, 0.3) is 0 Å². The maximum atomic E-state index is 5.81. The lowest BCUT2D eigenvalue weighted by Crippen LogP contribution is -2.36. The second kappa shape index (κ2) is 12.1. The zero-order chi connectivity index (χ0) is 19.7. The van der Waals surface area contributed by atoms with E-state index in [1.165, 1.54) is 11.1 Å². The number of aliphatic imine (C=N–C) groups is 1. The topological polar surface area (TPSA) is 71.7 Å². The summed E-state index contributed by atoms with van der Waals surface area (Å²) in [5.41, 5.74) is 2.34. The van der Waals surface area contributed by atoms with Gasteiger partial charge in [-0.2, -0.15) is 0 Å². The first-order valence-corrected chi connectivity index (χ1v) is 9.48. The predicted octanol–water partition coefficient (Wildman–Crippen LogP) is 4.38. The summed E-state index contributed by atoms with van der Waals surface area (Å²) in [6.45, 7) is 11.0. The van der Waals surface area contributed by atoms with E-state index in [9.17, 15) is 0 Å². The molecular formula is C21H33IN4O2. The van der Waals surface area contributed by atoms with Crippen LogP contribution in [0.15, 0.2) is 39.9 Å². The van der Waals surface area contributed by atoms with Crippen LogP contribution in [0.3, 0.4) is 0 Å². The van der Waals surface area contributed by atoms with Gasteiger partial charge in [0.2, 0.25) is 5.89 Å². The molecule has 0 radical (unpaired) electrons. The van der Waals surface area contributed by atoms with Crippen LogP contribution < -0.4 is 10.6 Å². The zero-order valence-corrected chi connectivity index (χ0v) is 19.9. The van der Waals surface area contributed by atoms with Crippen LogP contribution in [-0.4, -0.2) is 24.6 Å². The molecule has 0 spiro atoms. The minimum atomic E-state index is -0.0469. The summed E-state index contributed by atoms with van der Waals surface area (Å²) in [5.74, 6) is 2.23. The van der Waals surface area contributed by atoms with E-state index in [4.69, 9.17) is 9.15 Å². The molecule has 156 valence electrons. The average Bonchev–Trinajstić information content (AvgIpc) is 3.12. The van der Waals surface area contributed by atoms with E-state index in [1.807, 2.05) is 12.1 Å². The molecule has 28 heavy (non-hydrogen) atoms. The summed E-state index contributed by atoms with van der Waals surface area (Å²) in [4.78, 5) is 8.61. The number of nitrogens with zero attached hydrogens (tertiary/aromatic N) is 2. The van der Waals surface area contributed by atoms with Crippen molar-refractivity contribution in [1.29, 1.82) is 0 Å². The highest BCUT2D eigenvalue weighted by atomic mass is 127. The first kappa shape index (κ1) is 24.4. The van der Waals surface area contributed by atoms with E-state index in [0.29, 0.717) is 31.5 Å². The lowest BCUT2D eigenvalue weighted by Gasteiger charge is -2.14. The Labute approximate surface area is 185 Å². The highest BCUT2D eigenvalue weighted by Crippen LogP contribution is 2.22. The number of hydrogen-bond acceptors (Lipinski definition) is 4. The standard InChI is InChI=1S/C21H32N4O2.HI/c1-6-11-26-15-17-10-8-7-9-16(17)12-24-20(22-5)25-14-19-23-13-18(27-19)21(2,3)4;/h7-10,13H,6,11-12,14-15H2,1-5H3,(H2,22,24,25);1H. The summed E-state index contributed by atoms with van der Waals surface area (Å²) in [5, 5.41) is 6.58. The molecule has 1 aromatic heterocycles. The minimum absolute atomic E-state index is 0. The van der Waals surface area contributed by atoms with E-state index in [-0.39, 0.29) is 29.4 Å². The largest absolute Gasteiger partial charge is 0.443 e. The van der Waals surface area contributed by atoms with Gasteiger partial charge in [-0.1, -0.05) is 52.0 Å². The van der Waals surface area contributed by atoms with Gasteiger partial charge in [-0.25, -0.2) is 4.98 Å². The smallest absolute Gasteiger partial charge is 0.213 e. The monoisotopic (exact) mass is 500 g/mol. The molecule has 0 aliphatic heterocycles. The fraction of sp³-hybridized carbons (Fsp3) is 0.524. The van der Waals surface area contributed by atoms with E-state index in [0.717, 1.165) is 18.8 Å². The van der Waals surface area contributed by atoms with E-state index < -0.39 is 0 Å². The van der Waals surface area contributed by atoms with Crippen LogP contribution in [0.25, 0.3) is 0 Å². The Hall–Kier alpha value is -1.61. The zero-order valence-electron chi connectivity index (χ0n) is 17.5. The molecule has 0 unspecified atom stereocenters. The van der Waals surface area contributed by atoms with Crippen molar-refractivity contribution in [2.75, 3.05) is 13.7 Å². The highest BCUT2D eigenvalue weighted by molar-refractivity contribution is 14.0. The molecule has 1 aromatic carbocycles. The SMILES string of the molecule is CCCOCc1ccccc1CNC(=NC)NCc1ncc(C(C)(C)C)o1.I. The van der Waals surface area contributed by atoms with Crippen molar-refractivity contribution >= 4 is 29.9 Å². The molecule has 2 N–H and O–H groups in total. The Morgan fingerprint density at radius 2 is 1.82 bits per heavy atom. The number of rotatable bonds is 8. The maximum absolute atomic E-state index is 5.81. The molecule has 0 amide bonds. The van der Waals surface area contributed by atoms with Crippen LogP contribution in [0.5, 0.6) is 0 Å². The van der Waals surface area contributed by atoms with E-state index in [1.54, 1.807) is 13.2 Å². The van der Waals surface area contributed by atoms with Crippen molar-refractivity contribution in [3.63, 3.8) is 0 Å². The molecule has 6 nitrogen and oxygen atoms in total. The number of nitrogens with one attached hydrogen (secondary N) is 2. The predicted molar refractivity (Wildman–Crippen MR) is 124 cm³/mol. The van der Waals surface area contributed by atoms with E-state index in [2.05, 4.69) is 60.4 Å². The summed E-state index contributed by atoms with van der Waals surface area (Å²) >= 11 is 0. The molecule has 0 saturated carbocycles. The van der Waals surface area contributed by atoms with Gasteiger partial charge in [-0.15, -0.1) is 24.0 Å². The number of hydrogen-bond donors (Lipinski definition) is 2. The van der Waals surface area contributed by atoms with E-state index >= 15 is 0 Å². The third-order valence-corrected chi connectivity index (χ3v) is 4.09. The summed E-state index contributed by atoms with van der Waals surface area (Å²) in [7, 11) is 1.75. The molecular weight excluding hydrogens is 467 g/mol. The quantitative estimate of drug-likeness (QED) is 0.244. The minimum Gasteiger partial charge on any atom is -0.443 e. The van der Waals surface area contributed by atoms with Crippen LogP contribution in [0, 0.1) is 0 Å². The average molecular weight is 500 g/mol. The normalized spacial score (nSPS) is 11.8. The highest BCUT2D eigenvalue weighted by Gasteiger charge is 2.19. The Kier molecular flexibility index (Phi) is 10.5. The van der Waals surface area contributed by atoms with Crippen molar-refractivity contribution in [2.45, 2.75) is 59.2 Å². The number of guanidine groups is 1. The van der Waals surface area contributed by atoms with Crippen molar-refractivity contribution < 1.29 is 9.15 Å². The van der Waals surface area contributed by atoms with Gasteiger partial charge < -0.3 is 19.8 Å². The van der Waals surface area contributed by atoms with Crippen LogP contribution in [0.2, 0.25) is 0 Å². The third kappa shape index (κ3) is 7.79. The molecule has 7 heteroatoms. The molecule has 0 aliphatic rings. The lowest BCUT2D eigenvalue weighted by atomic mass is 9.94. The fourth-order valence-electron chi connectivity index (χ4n) is 2.49. The Balaban J connectivity index is 0.00000392. The van der Waals surface area contributed by atoms with Gasteiger partial charge in [0.1, 0.15) is 5.76 Å². The third-order valence-electron chi connectivity index (χ3n) is 4.09. The molecule has 0 bridgehead atoms. The Morgan fingerprint density at radius 1 is 1.14 bits per heavy atom. The van der Waals surface area contributed by atoms with Crippen LogP contribution in [0.4, 0.5) is 0 Å². The van der Waals surface area contributed by atoms with Gasteiger partial charge in [0, 0.05) is 25.6 Å². The maximum Gasteiger partial charge on any atom is 0.213 e. The molecule has 0 fully saturated rings. The second-order valence-electron chi connectivity index (χ2n) is 7.47. The molecule has 0 aliphatic carbocycles. The molecule has 2 aromatic rings. The van der Waals surface area contributed by atoms with Gasteiger partial charge in [0.15, 0.2) is 5.96 Å². The van der Waals surface area contributed by atoms with Crippen LogP contribution >= 0.6 is 24.0 Å². The number of ether oxygens (including phenoxy) is 1. The first-order valence-electron chi connectivity index (χ1n) is 9.48. The van der Waals surface area contributed by atoms with Crippen molar-refractivity contribution in [3.8, 4) is 0 Å². The first-order chi connectivity index (χ1) is 12.9. The molecule has 0 saturated heterocycles. The van der Waals surface area contributed by atoms with Gasteiger partial charge in [0.05, 0.1) is 19.3 Å². The summed E-state index contributed by atoms with van der Waals surface area (Å²) < 4.78 is 11.5. The second-order valence-corrected chi connectivity index (χ2v) is 7.47. The van der Waals surface area contributed by atoms with Crippen LogP contribution in [0.1, 0.15) is 56.9 Å². The summed E-state index contributed by atoms with van der Waals surface area (Å²) in [6.07, 6.45) is 2.81. The number of halogens is 1. The fourth-order valence-corrected chi connectivity index (χ4v) is 2.49. The van der Waals surface area contributed by atoms with Gasteiger partial charge in [-0.05, 0) is 17.5 Å². The number of oxazole rings is 1. The van der Waals surface area contributed by atoms with Gasteiger partial charge in [-0.3, -0.25) is 4.99 Å². The van der Waals surface area contributed by atoms with Crippen LogP contribution in [-0.2, 0) is 29.8 Å². The van der Waals surface area contributed by atoms with Crippen molar-refractivity contribution in [3.05, 3.63) is 53.2 Å². The van der Waals surface area contributed by atoms with Crippen molar-refractivity contribution in [2.24, 2.45) is 4.99 Å². The Bertz CT molecular complexity index is 738. The van der Waals surface area contributed by atoms with Gasteiger partial charge >= 0.3 is 0 Å². The molecule has 1 heterocycles. The molecule has 0 atom stereocenters. The van der Waals surface area contributed by atoms with Crippen molar-refractivity contribution in [1.82, 2.24) is 15.6 Å². The Morgan fingerprint density at radius 3 is 2.43 bits per heavy atom. The summed E-state index contributed by atoms with van der Waals surface area (Å²) in [6, 6.07) is 8.28. The molecule has 2 rings (SSSR count). The number of benzene rings is 1. The number of aromatic nitrogens is 1.